The SMILES string of the molecule is CCCCCN1C(=O)/C(=C\c2cccc(OC)c2)Oc2ccc(N)cc21. The average molecular weight is 352 g/mol. The van der Waals surface area contributed by atoms with Gasteiger partial charge in [-0.15, -0.1) is 0 Å². The molecule has 0 saturated heterocycles. The standard InChI is InChI=1S/C21H24N2O3/c1-3-4-5-11-23-18-14-16(22)9-10-19(18)26-20(21(23)24)13-15-7-6-8-17(12-15)25-2/h6-10,12-14H,3-5,11,22H2,1-2H3/b20-13+. The summed E-state index contributed by atoms with van der Waals surface area (Å²) in [5.74, 6) is 1.52. The van der Waals surface area contributed by atoms with Gasteiger partial charge in [-0.2, -0.15) is 0 Å². The van der Waals surface area contributed by atoms with E-state index in [1.165, 1.54) is 0 Å². The Kier molecular flexibility index (Phi) is 5.46. The molecule has 0 atom stereocenters. The average Bonchev–Trinajstić information content (AvgIpc) is 2.65. The van der Waals surface area contributed by atoms with E-state index in [0.29, 0.717) is 23.7 Å². The van der Waals surface area contributed by atoms with Gasteiger partial charge in [-0.3, -0.25) is 4.79 Å². The number of anilines is 2. The lowest BCUT2D eigenvalue weighted by Crippen LogP contribution is -2.38. The summed E-state index contributed by atoms with van der Waals surface area (Å²) < 4.78 is 11.1. The molecule has 2 aromatic carbocycles. The summed E-state index contributed by atoms with van der Waals surface area (Å²) in [6.07, 6.45) is 4.84. The molecule has 26 heavy (non-hydrogen) atoms. The number of rotatable bonds is 6. The van der Waals surface area contributed by atoms with Crippen LogP contribution in [0.2, 0.25) is 0 Å². The van der Waals surface area contributed by atoms with Crippen molar-refractivity contribution >= 4 is 23.4 Å². The van der Waals surface area contributed by atoms with Crippen LogP contribution < -0.4 is 20.1 Å². The van der Waals surface area contributed by atoms with Gasteiger partial charge >= 0.3 is 0 Å². The molecule has 0 saturated carbocycles. The van der Waals surface area contributed by atoms with E-state index in [1.54, 1.807) is 30.2 Å². The number of ether oxygens (including phenoxy) is 2. The number of carbonyl (C=O) groups is 1. The molecule has 2 aromatic rings. The molecule has 0 unspecified atom stereocenters. The fourth-order valence-electron chi connectivity index (χ4n) is 2.95. The van der Waals surface area contributed by atoms with E-state index >= 15 is 0 Å². The van der Waals surface area contributed by atoms with Crippen molar-refractivity contribution < 1.29 is 14.3 Å². The monoisotopic (exact) mass is 352 g/mol. The molecule has 3 rings (SSSR count). The lowest BCUT2D eigenvalue weighted by Gasteiger charge is -2.30. The zero-order valence-corrected chi connectivity index (χ0v) is 15.2. The maximum absolute atomic E-state index is 13.0. The van der Waals surface area contributed by atoms with Crippen molar-refractivity contribution in [1.29, 1.82) is 0 Å². The predicted molar refractivity (Wildman–Crippen MR) is 104 cm³/mol. The highest BCUT2D eigenvalue weighted by Gasteiger charge is 2.30. The number of unbranched alkanes of at least 4 members (excludes halogenated alkanes) is 2. The van der Waals surface area contributed by atoms with Crippen LogP contribution in [-0.4, -0.2) is 19.6 Å². The van der Waals surface area contributed by atoms with Crippen LogP contribution in [-0.2, 0) is 4.79 Å². The lowest BCUT2D eigenvalue weighted by molar-refractivity contribution is -0.117. The highest BCUT2D eigenvalue weighted by Crippen LogP contribution is 2.37. The van der Waals surface area contributed by atoms with Crippen molar-refractivity contribution in [3.63, 3.8) is 0 Å². The van der Waals surface area contributed by atoms with E-state index in [9.17, 15) is 4.79 Å². The van der Waals surface area contributed by atoms with Gasteiger partial charge in [-0.25, -0.2) is 0 Å². The van der Waals surface area contributed by atoms with Crippen LogP contribution >= 0.6 is 0 Å². The number of benzene rings is 2. The number of amides is 1. The van der Waals surface area contributed by atoms with E-state index in [2.05, 4.69) is 6.92 Å². The minimum absolute atomic E-state index is 0.151. The second kappa shape index (κ2) is 7.95. The van der Waals surface area contributed by atoms with Crippen molar-refractivity contribution in [1.82, 2.24) is 0 Å². The van der Waals surface area contributed by atoms with E-state index in [0.717, 1.165) is 36.3 Å². The van der Waals surface area contributed by atoms with Gasteiger partial charge in [-0.1, -0.05) is 31.9 Å². The fourth-order valence-corrected chi connectivity index (χ4v) is 2.95. The first-order valence-corrected chi connectivity index (χ1v) is 8.87. The van der Waals surface area contributed by atoms with Gasteiger partial charge in [0.2, 0.25) is 0 Å². The smallest absolute Gasteiger partial charge is 0.294 e. The van der Waals surface area contributed by atoms with Gasteiger partial charge < -0.3 is 20.1 Å². The highest BCUT2D eigenvalue weighted by molar-refractivity contribution is 6.10. The molecule has 1 aliphatic heterocycles. The molecule has 0 fully saturated rings. The van der Waals surface area contributed by atoms with Crippen molar-refractivity contribution in [3.05, 3.63) is 53.8 Å². The second-order valence-electron chi connectivity index (χ2n) is 6.28. The first-order chi connectivity index (χ1) is 12.6. The van der Waals surface area contributed by atoms with Crippen LogP contribution in [0.25, 0.3) is 6.08 Å². The van der Waals surface area contributed by atoms with Gasteiger partial charge in [0.05, 0.1) is 12.8 Å². The molecule has 1 heterocycles. The summed E-state index contributed by atoms with van der Waals surface area (Å²) in [5, 5.41) is 0. The predicted octanol–water partition coefficient (Wildman–Crippen LogP) is 4.23. The molecule has 0 bridgehead atoms. The number of fused-ring (bicyclic) bond motifs is 1. The zero-order chi connectivity index (χ0) is 18.5. The second-order valence-corrected chi connectivity index (χ2v) is 6.28. The summed E-state index contributed by atoms with van der Waals surface area (Å²) in [4.78, 5) is 14.8. The zero-order valence-electron chi connectivity index (χ0n) is 15.2. The number of nitrogens with two attached hydrogens (primary N) is 1. The Morgan fingerprint density at radius 2 is 2.04 bits per heavy atom. The molecule has 0 radical (unpaired) electrons. The summed E-state index contributed by atoms with van der Waals surface area (Å²) >= 11 is 0. The maximum atomic E-state index is 13.0. The molecular weight excluding hydrogens is 328 g/mol. The first-order valence-electron chi connectivity index (χ1n) is 8.87. The first kappa shape index (κ1) is 17.9. The third-order valence-electron chi connectivity index (χ3n) is 4.33. The highest BCUT2D eigenvalue weighted by atomic mass is 16.5. The number of methoxy groups -OCH3 is 1. The van der Waals surface area contributed by atoms with Gasteiger partial charge in [0, 0.05) is 12.2 Å². The summed E-state index contributed by atoms with van der Waals surface area (Å²) in [5.41, 5.74) is 8.10. The summed E-state index contributed by atoms with van der Waals surface area (Å²) in [7, 11) is 1.62. The molecule has 136 valence electrons. The Balaban J connectivity index is 1.96. The largest absolute Gasteiger partial charge is 0.497 e. The Bertz CT molecular complexity index is 830. The number of nitrogen functional groups attached to an aromatic ring is 1. The molecule has 1 aliphatic rings. The molecule has 2 N–H and O–H groups in total. The van der Waals surface area contributed by atoms with E-state index < -0.39 is 0 Å². The van der Waals surface area contributed by atoms with Gasteiger partial charge in [0.15, 0.2) is 11.5 Å². The quantitative estimate of drug-likeness (QED) is 0.480. The molecule has 5 nitrogen and oxygen atoms in total. The molecular formula is C21H24N2O3. The number of hydrogen-bond donors (Lipinski definition) is 1. The normalized spacial score (nSPS) is 14.9. The van der Waals surface area contributed by atoms with Gasteiger partial charge in [-0.05, 0) is 48.4 Å². The maximum Gasteiger partial charge on any atom is 0.294 e. The van der Waals surface area contributed by atoms with Crippen LogP contribution in [0.5, 0.6) is 11.5 Å². The van der Waals surface area contributed by atoms with Crippen molar-refractivity contribution in [2.75, 3.05) is 24.3 Å². The molecule has 1 amide bonds. The van der Waals surface area contributed by atoms with Gasteiger partial charge in [0.1, 0.15) is 5.75 Å². The van der Waals surface area contributed by atoms with Crippen molar-refractivity contribution in [2.45, 2.75) is 26.2 Å². The number of carbonyl (C=O) groups excluding carboxylic acids is 1. The van der Waals surface area contributed by atoms with E-state index in [1.807, 2.05) is 30.3 Å². The molecule has 0 aliphatic carbocycles. The molecule has 0 spiro atoms. The summed E-state index contributed by atoms with van der Waals surface area (Å²) in [6.45, 7) is 2.78. The summed E-state index contributed by atoms with van der Waals surface area (Å²) in [6, 6.07) is 12.9. The number of hydrogen-bond acceptors (Lipinski definition) is 4. The van der Waals surface area contributed by atoms with E-state index in [4.69, 9.17) is 15.2 Å². The van der Waals surface area contributed by atoms with Crippen LogP contribution in [0, 0.1) is 0 Å². The topological polar surface area (TPSA) is 64.8 Å². The van der Waals surface area contributed by atoms with Gasteiger partial charge in [0.25, 0.3) is 5.91 Å². The van der Waals surface area contributed by atoms with E-state index in [-0.39, 0.29) is 5.91 Å². The van der Waals surface area contributed by atoms with Crippen molar-refractivity contribution in [3.8, 4) is 11.5 Å². The van der Waals surface area contributed by atoms with Crippen LogP contribution in [0.15, 0.2) is 48.2 Å². The minimum Gasteiger partial charge on any atom is -0.497 e. The van der Waals surface area contributed by atoms with Crippen LogP contribution in [0.3, 0.4) is 0 Å². The third kappa shape index (κ3) is 3.82. The Labute approximate surface area is 154 Å². The molecule has 0 aromatic heterocycles. The Morgan fingerprint density at radius 1 is 1.19 bits per heavy atom. The molecule has 5 heteroatoms. The lowest BCUT2D eigenvalue weighted by atomic mass is 10.1. The number of nitrogens with zero attached hydrogens (tertiary/aromatic N) is 1. The van der Waals surface area contributed by atoms with Crippen LogP contribution in [0.1, 0.15) is 31.7 Å². The van der Waals surface area contributed by atoms with Crippen LogP contribution in [0.4, 0.5) is 11.4 Å². The Hall–Kier alpha value is -2.95. The Morgan fingerprint density at radius 3 is 2.81 bits per heavy atom. The fraction of sp³-hybridized carbons (Fsp3) is 0.286. The minimum atomic E-state index is -0.151. The third-order valence-corrected chi connectivity index (χ3v) is 4.33. The van der Waals surface area contributed by atoms with Crippen molar-refractivity contribution in [2.24, 2.45) is 0 Å².